The molecule has 0 spiro atoms. The molecule has 2 aliphatic heterocycles. The van der Waals surface area contributed by atoms with Crippen LogP contribution >= 0.6 is 0 Å². The first-order chi connectivity index (χ1) is 5.47. The van der Waals surface area contributed by atoms with Crippen LogP contribution in [0.3, 0.4) is 0 Å². The van der Waals surface area contributed by atoms with Crippen LogP contribution in [0.5, 0.6) is 0 Å². The maximum Gasteiger partial charge on any atom is 0.264 e. The van der Waals surface area contributed by atoms with E-state index in [4.69, 9.17) is 4.74 Å². The molecule has 4 nitrogen and oxygen atoms in total. The Hall–Kier alpha value is -0.610. The first kappa shape index (κ1) is 7.06. The van der Waals surface area contributed by atoms with Crippen molar-refractivity contribution in [1.82, 2.24) is 10.2 Å². The molecule has 61 valence electrons. The number of hydrogen-bond donors (Lipinski definition) is 1. The first-order valence-corrected chi connectivity index (χ1v) is 3.97. The third-order valence-corrected chi connectivity index (χ3v) is 1.79. The minimum atomic E-state index is 0.777. The van der Waals surface area contributed by atoms with Gasteiger partial charge in [0, 0.05) is 19.6 Å². The minimum absolute atomic E-state index is 0.777. The van der Waals surface area contributed by atoms with Crippen LogP contribution in [-0.4, -0.2) is 37.5 Å². The Labute approximate surface area is 66.2 Å². The number of rotatable bonds is 1. The van der Waals surface area contributed by atoms with Crippen LogP contribution in [0.15, 0.2) is 4.99 Å². The number of aliphatic imine (C=N–C) groups is 1. The van der Waals surface area contributed by atoms with E-state index in [0.717, 1.165) is 39.0 Å². The van der Waals surface area contributed by atoms with Crippen LogP contribution in [-0.2, 0) is 4.74 Å². The average Bonchev–Trinajstić information content (AvgIpc) is 2.58. The molecular weight excluding hydrogens is 142 g/mol. The first-order valence-electron chi connectivity index (χ1n) is 3.97. The van der Waals surface area contributed by atoms with Gasteiger partial charge < -0.3 is 9.64 Å². The molecule has 0 aromatic rings. The predicted molar refractivity (Wildman–Crippen MR) is 41.9 cm³/mol. The largest absolute Gasteiger partial charge is 0.336 e. The Balaban J connectivity index is 1.91. The van der Waals surface area contributed by atoms with Gasteiger partial charge >= 0.3 is 0 Å². The van der Waals surface area contributed by atoms with Crippen molar-refractivity contribution in [2.24, 2.45) is 4.99 Å². The van der Waals surface area contributed by atoms with E-state index < -0.39 is 0 Å². The topological polar surface area (TPSA) is 36.9 Å². The fraction of sp³-hybridized carbons (Fsp3) is 0.714. The molecule has 11 heavy (non-hydrogen) atoms. The Kier molecular flexibility index (Phi) is 2.05. The van der Waals surface area contributed by atoms with Crippen molar-refractivity contribution in [1.29, 1.82) is 0 Å². The van der Waals surface area contributed by atoms with E-state index in [1.165, 1.54) is 0 Å². The minimum Gasteiger partial charge on any atom is -0.336 e. The molecule has 1 saturated heterocycles. The molecule has 0 aliphatic carbocycles. The van der Waals surface area contributed by atoms with Crippen LogP contribution < -0.4 is 5.32 Å². The molecule has 0 aromatic carbocycles. The smallest absolute Gasteiger partial charge is 0.264 e. The summed E-state index contributed by atoms with van der Waals surface area (Å²) in [6.07, 6.45) is 3.83. The standard InChI is InChI=1S/C7H12N3O/c1-2-8-6-10(4-1)7-9-3-5-11-7/h6,9H,1-5H2. The molecule has 0 bridgehead atoms. The van der Waals surface area contributed by atoms with E-state index in [9.17, 15) is 0 Å². The fourth-order valence-corrected chi connectivity index (χ4v) is 1.24. The number of hydrogen-bond acceptors (Lipinski definition) is 4. The zero-order chi connectivity index (χ0) is 7.52. The van der Waals surface area contributed by atoms with Gasteiger partial charge in [0.15, 0.2) is 0 Å². The summed E-state index contributed by atoms with van der Waals surface area (Å²) in [7, 11) is 0. The van der Waals surface area contributed by atoms with Gasteiger partial charge in [0.2, 0.25) is 0 Å². The lowest BCUT2D eigenvalue weighted by atomic mass is 10.4. The molecule has 0 atom stereocenters. The van der Waals surface area contributed by atoms with E-state index in [2.05, 4.69) is 10.3 Å². The number of ether oxygens (including phenoxy) is 1. The van der Waals surface area contributed by atoms with Gasteiger partial charge in [-0.15, -0.1) is 0 Å². The average molecular weight is 154 g/mol. The van der Waals surface area contributed by atoms with Gasteiger partial charge in [0.05, 0.1) is 12.9 Å². The lowest BCUT2D eigenvalue weighted by Gasteiger charge is -2.25. The van der Waals surface area contributed by atoms with Crippen molar-refractivity contribution in [3.8, 4) is 0 Å². The van der Waals surface area contributed by atoms with Crippen LogP contribution in [0.1, 0.15) is 6.42 Å². The highest BCUT2D eigenvalue weighted by molar-refractivity contribution is 5.57. The molecule has 1 fully saturated rings. The van der Waals surface area contributed by atoms with Crippen LogP contribution in [0, 0.1) is 6.35 Å². The highest BCUT2D eigenvalue weighted by Gasteiger charge is 2.23. The molecule has 2 aliphatic rings. The third kappa shape index (κ3) is 1.52. The molecule has 0 aromatic heterocycles. The lowest BCUT2D eigenvalue weighted by molar-refractivity contribution is 0.108. The van der Waals surface area contributed by atoms with Crippen LogP contribution in [0.25, 0.3) is 0 Å². The van der Waals surface area contributed by atoms with Crippen molar-refractivity contribution in [3.05, 3.63) is 6.35 Å². The third-order valence-electron chi connectivity index (χ3n) is 1.79. The van der Waals surface area contributed by atoms with Crippen molar-refractivity contribution >= 4 is 6.34 Å². The Bertz CT molecular complexity index is 154. The molecule has 4 heteroatoms. The second kappa shape index (κ2) is 3.19. The van der Waals surface area contributed by atoms with Gasteiger partial charge in [-0.05, 0) is 6.42 Å². The molecule has 2 heterocycles. The van der Waals surface area contributed by atoms with Crippen LogP contribution in [0.2, 0.25) is 0 Å². The quantitative estimate of drug-likeness (QED) is 0.567. The Morgan fingerprint density at radius 1 is 1.64 bits per heavy atom. The summed E-state index contributed by atoms with van der Waals surface area (Å²) in [5.41, 5.74) is 0. The van der Waals surface area contributed by atoms with Gasteiger partial charge in [0.25, 0.3) is 6.35 Å². The Morgan fingerprint density at radius 3 is 3.27 bits per heavy atom. The zero-order valence-corrected chi connectivity index (χ0v) is 6.42. The van der Waals surface area contributed by atoms with Crippen LogP contribution in [0.4, 0.5) is 0 Å². The summed E-state index contributed by atoms with van der Waals surface area (Å²) in [6, 6.07) is 0. The summed E-state index contributed by atoms with van der Waals surface area (Å²) in [4.78, 5) is 6.19. The van der Waals surface area contributed by atoms with Crippen molar-refractivity contribution < 1.29 is 4.74 Å². The number of nitrogens with one attached hydrogen (secondary N) is 1. The van der Waals surface area contributed by atoms with E-state index in [1.807, 2.05) is 11.2 Å². The lowest BCUT2D eigenvalue weighted by Crippen LogP contribution is -2.37. The van der Waals surface area contributed by atoms with Crippen molar-refractivity contribution in [3.63, 3.8) is 0 Å². The van der Waals surface area contributed by atoms with Crippen molar-refractivity contribution in [2.45, 2.75) is 6.42 Å². The zero-order valence-electron chi connectivity index (χ0n) is 6.42. The number of nitrogens with zero attached hydrogens (tertiary/aromatic N) is 2. The molecule has 1 N–H and O–H groups in total. The summed E-state index contributed by atoms with van der Waals surface area (Å²) >= 11 is 0. The molecule has 2 rings (SSSR count). The molecular formula is C7H12N3O. The van der Waals surface area contributed by atoms with E-state index in [0.29, 0.717) is 0 Å². The van der Waals surface area contributed by atoms with Gasteiger partial charge in [-0.25, -0.2) is 0 Å². The summed E-state index contributed by atoms with van der Waals surface area (Å²) in [6.45, 7) is 3.66. The normalized spacial score (nSPS) is 26.4. The molecule has 0 amide bonds. The van der Waals surface area contributed by atoms with Gasteiger partial charge in [-0.1, -0.05) is 0 Å². The van der Waals surface area contributed by atoms with Crippen molar-refractivity contribution in [2.75, 3.05) is 26.2 Å². The van der Waals surface area contributed by atoms with E-state index in [1.54, 1.807) is 0 Å². The fourth-order valence-electron chi connectivity index (χ4n) is 1.24. The summed E-state index contributed by atoms with van der Waals surface area (Å²) < 4.78 is 5.33. The second-order valence-electron chi connectivity index (χ2n) is 2.65. The van der Waals surface area contributed by atoms with Gasteiger partial charge in [0.1, 0.15) is 0 Å². The highest BCUT2D eigenvalue weighted by atomic mass is 16.5. The SMILES string of the molecule is C1=NCCCN1[C]1NCCO1. The summed E-state index contributed by atoms with van der Waals surface area (Å²) in [5, 5.41) is 3.16. The van der Waals surface area contributed by atoms with E-state index >= 15 is 0 Å². The molecule has 1 radical (unpaired) electrons. The summed E-state index contributed by atoms with van der Waals surface area (Å²) in [5.74, 6) is 0. The van der Waals surface area contributed by atoms with Gasteiger partial charge in [-0.3, -0.25) is 10.3 Å². The molecule has 0 saturated carbocycles. The predicted octanol–water partition coefficient (Wildman–Crippen LogP) is -0.213. The monoisotopic (exact) mass is 154 g/mol. The maximum absolute atomic E-state index is 5.33. The molecule has 0 unspecified atom stereocenters. The van der Waals surface area contributed by atoms with E-state index in [-0.39, 0.29) is 0 Å². The second-order valence-corrected chi connectivity index (χ2v) is 2.65. The Morgan fingerprint density at radius 2 is 2.64 bits per heavy atom. The maximum atomic E-state index is 5.33. The van der Waals surface area contributed by atoms with Gasteiger partial charge in [-0.2, -0.15) is 0 Å². The highest BCUT2D eigenvalue weighted by Crippen LogP contribution is 2.11.